The van der Waals surface area contributed by atoms with E-state index in [2.05, 4.69) is 16.0 Å². The quantitative estimate of drug-likeness (QED) is 0.382. The lowest BCUT2D eigenvalue weighted by molar-refractivity contribution is -0.146. The number of esters is 1. The highest BCUT2D eigenvalue weighted by molar-refractivity contribution is 6.00. The highest BCUT2D eigenvalue weighted by Crippen LogP contribution is 2.23. The SMILES string of the molecule is COC(=O)CC1CCCCN1C(=O)[C@H](CC(C)C)NC(=O)Cc1ccc(NC(=O)Nc2ccccc2C)cc1. The van der Waals surface area contributed by atoms with Gasteiger partial charge in [0.15, 0.2) is 0 Å². The largest absolute Gasteiger partial charge is 0.469 e. The van der Waals surface area contributed by atoms with Crippen molar-refractivity contribution < 1.29 is 23.9 Å². The summed E-state index contributed by atoms with van der Waals surface area (Å²) in [5.74, 6) is -0.549. The second-order valence-electron chi connectivity index (χ2n) is 10.5. The first-order valence-electron chi connectivity index (χ1n) is 13.6. The molecule has 1 unspecified atom stereocenters. The van der Waals surface area contributed by atoms with Crippen molar-refractivity contribution in [3.05, 3.63) is 59.7 Å². The lowest BCUT2D eigenvalue weighted by Gasteiger charge is -2.38. The first-order chi connectivity index (χ1) is 18.7. The second-order valence-corrected chi connectivity index (χ2v) is 10.5. The Hall–Kier alpha value is -3.88. The van der Waals surface area contributed by atoms with Crippen molar-refractivity contribution in [2.45, 2.75) is 71.4 Å². The van der Waals surface area contributed by atoms with Crippen molar-refractivity contribution in [3.63, 3.8) is 0 Å². The van der Waals surface area contributed by atoms with Crippen LogP contribution in [0.2, 0.25) is 0 Å². The van der Waals surface area contributed by atoms with Crippen LogP contribution in [0.3, 0.4) is 0 Å². The lowest BCUT2D eigenvalue weighted by Crippen LogP contribution is -2.54. The zero-order chi connectivity index (χ0) is 28.4. The van der Waals surface area contributed by atoms with Gasteiger partial charge in [-0.05, 0) is 67.9 Å². The van der Waals surface area contributed by atoms with Gasteiger partial charge in [0.2, 0.25) is 11.8 Å². The van der Waals surface area contributed by atoms with Gasteiger partial charge in [0.1, 0.15) is 6.04 Å². The summed E-state index contributed by atoms with van der Waals surface area (Å²) in [5.41, 5.74) is 3.05. The topological polar surface area (TPSA) is 117 Å². The number of amides is 4. The number of hydrogen-bond donors (Lipinski definition) is 3. The number of urea groups is 1. The van der Waals surface area contributed by atoms with E-state index in [1.54, 1.807) is 29.2 Å². The van der Waals surface area contributed by atoms with Gasteiger partial charge in [-0.15, -0.1) is 0 Å². The number of nitrogens with zero attached hydrogens (tertiary/aromatic N) is 1. The Labute approximate surface area is 230 Å². The lowest BCUT2D eigenvalue weighted by atomic mass is 9.96. The van der Waals surface area contributed by atoms with Gasteiger partial charge in [0, 0.05) is 24.0 Å². The molecule has 0 aromatic heterocycles. The number of piperidine rings is 1. The standard InChI is InChI=1S/C30H40N4O5/c1-20(2)17-26(29(37)34-16-8-7-10-24(34)19-28(36)39-4)32-27(35)18-22-12-14-23(15-13-22)31-30(38)33-25-11-6-5-9-21(25)3/h5-6,9,11-15,20,24,26H,7-8,10,16-19H2,1-4H3,(H,32,35)(H2,31,33,38)/t24?,26-/m0/s1. The molecule has 210 valence electrons. The number of ether oxygens (including phenoxy) is 1. The summed E-state index contributed by atoms with van der Waals surface area (Å²) in [6, 6.07) is 13.3. The molecular weight excluding hydrogens is 496 g/mol. The maximum Gasteiger partial charge on any atom is 0.323 e. The van der Waals surface area contributed by atoms with Gasteiger partial charge in [-0.3, -0.25) is 14.4 Å². The van der Waals surface area contributed by atoms with E-state index in [4.69, 9.17) is 4.74 Å². The Kier molecular flexibility index (Phi) is 10.9. The van der Waals surface area contributed by atoms with Crippen LogP contribution in [0.1, 0.15) is 57.1 Å². The Balaban J connectivity index is 1.59. The third-order valence-corrected chi connectivity index (χ3v) is 6.85. The molecule has 0 spiro atoms. The van der Waals surface area contributed by atoms with E-state index in [-0.39, 0.29) is 48.6 Å². The highest BCUT2D eigenvalue weighted by Gasteiger charge is 2.34. The molecule has 1 fully saturated rings. The van der Waals surface area contributed by atoms with Crippen LogP contribution in [0.5, 0.6) is 0 Å². The molecule has 4 amide bonds. The van der Waals surface area contributed by atoms with E-state index >= 15 is 0 Å². The number of para-hydroxylation sites is 1. The van der Waals surface area contributed by atoms with Crippen molar-refractivity contribution in [1.29, 1.82) is 0 Å². The molecule has 1 aliphatic rings. The van der Waals surface area contributed by atoms with Crippen molar-refractivity contribution in [2.75, 3.05) is 24.3 Å². The molecule has 1 heterocycles. The third-order valence-electron chi connectivity index (χ3n) is 6.85. The monoisotopic (exact) mass is 536 g/mol. The van der Waals surface area contributed by atoms with E-state index in [1.807, 2.05) is 45.0 Å². The molecule has 2 aromatic rings. The molecule has 0 bridgehead atoms. The van der Waals surface area contributed by atoms with E-state index < -0.39 is 6.04 Å². The predicted octanol–water partition coefficient (Wildman–Crippen LogP) is 4.66. The summed E-state index contributed by atoms with van der Waals surface area (Å²) in [6.45, 7) is 6.50. The number of carbonyl (C=O) groups is 4. The van der Waals surface area contributed by atoms with Gasteiger partial charge in [-0.2, -0.15) is 0 Å². The van der Waals surface area contributed by atoms with Crippen LogP contribution < -0.4 is 16.0 Å². The zero-order valence-corrected chi connectivity index (χ0v) is 23.3. The van der Waals surface area contributed by atoms with E-state index in [1.165, 1.54) is 7.11 Å². The number of aryl methyl sites for hydroxylation is 1. The van der Waals surface area contributed by atoms with Gasteiger partial charge in [0.25, 0.3) is 0 Å². The minimum atomic E-state index is -0.665. The first kappa shape index (κ1) is 29.7. The highest BCUT2D eigenvalue weighted by atomic mass is 16.5. The maximum atomic E-state index is 13.5. The normalized spacial score (nSPS) is 15.8. The first-order valence-corrected chi connectivity index (χ1v) is 13.6. The minimum absolute atomic E-state index is 0.100. The number of hydrogen-bond acceptors (Lipinski definition) is 5. The predicted molar refractivity (Wildman–Crippen MR) is 151 cm³/mol. The Morgan fingerprint density at radius 2 is 1.72 bits per heavy atom. The second kappa shape index (κ2) is 14.3. The molecule has 1 saturated heterocycles. The van der Waals surface area contributed by atoms with Gasteiger partial charge in [-0.1, -0.05) is 44.2 Å². The summed E-state index contributed by atoms with van der Waals surface area (Å²) >= 11 is 0. The fraction of sp³-hybridized carbons (Fsp3) is 0.467. The number of carbonyl (C=O) groups excluding carboxylic acids is 4. The minimum Gasteiger partial charge on any atom is -0.469 e. The maximum absolute atomic E-state index is 13.5. The van der Waals surface area contributed by atoms with Crippen LogP contribution in [0, 0.1) is 12.8 Å². The molecule has 9 nitrogen and oxygen atoms in total. The molecule has 0 saturated carbocycles. The molecule has 3 rings (SSSR count). The number of likely N-dealkylation sites (tertiary alicyclic amines) is 1. The molecule has 0 aliphatic carbocycles. The van der Waals surface area contributed by atoms with Crippen molar-refractivity contribution in [1.82, 2.24) is 10.2 Å². The van der Waals surface area contributed by atoms with Gasteiger partial charge >= 0.3 is 12.0 Å². The molecule has 0 radical (unpaired) electrons. The number of methoxy groups -OCH3 is 1. The Morgan fingerprint density at radius 1 is 1.00 bits per heavy atom. The van der Waals surface area contributed by atoms with Crippen LogP contribution in [-0.2, 0) is 25.5 Å². The zero-order valence-electron chi connectivity index (χ0n) is 23.3. The van der Waals surface area contributed by atoms with Crippen LogP contribution >= 0.6 is 0 Å². The third kappa shape index (κ3) is 9.12. The fourth-order valence-electron chi connectivity index (χ4n) is 4.81. The Morgan fingerprint density at radius 3 is 2.38 bits per heavy atom. The van der Waals surface area contributed by atoms with Crippen molar-refractivity contribution in [2.24, 2.45) is 5.92 Å². The number of anilines is 2. The van der Waals surface area contributed by atoms with Crippen LogP contribution in [0.25, 0.3) is 0 Å². The van der Waals surface area contributed by atoms with Gasteiger partial charge in [-0.25, -0.2) is 4.79 Å². The number of rotatable bonds is 10. The van der Waals surface area contributed by atoms with E-state index in [0.717, 1.165) is 36.1 Å². The average Bonchev–Trinajstić information content (AvgIpc) is 2.90. The van der Waals surface area contributed by atoms with Crippen molar-refractivity contribution in [3.8, 4) is 0 Å². The molecule has 3 N–H and O–H groups in total. The van der Waals surface area contributed by atoms with Gasteiger partial charge < -0.3 is 25.6 Å². The molecule has 2 aromatic carbocycles. The van der Waals surface area contributed by atoms with E-state index in [9.17, 15) is 19.2 Å². The summed E-state index contributed by atoms with van der Waals surface area (Å²) in [5, 5.41) is 8.55. The van der Waals surface area contributed by atoms with Crippen LogP contribution in [0.15, 0.2) is 48.5 Å². The smallest absolute Gasteiger partial charge is 0.323 e. The summed E-state index contributed by atoms with van der Waals surface area (Å²) < 4.78 is 4.82. The van der Waals surface area contributed by atoms with Gasteiger partial charge in [0.05, 0.1) is 20.0 Å². The van der Waals surface area contributed by atoms with Crippen LogP contribution in [-0.4, -0.2) is 54.5 Å². The molecule has 39 heavy (non-hydrogen) atoms. The van der Waals surface area contributed by atoms with Crippen molar-refractivity contribution >= 4 is 35.2 Å². The fourth-order valence-corrected chi connectivity index (χ4v) is 4.81. The molecule has 2 atom stereocenters. The Bertz CT molecular complexity index is 1150. The van der Waals surface area contributed by atoms with E-state index in [0.29, 0.717) is 18.7 Å². The molecule has 9 heteroatoms. The summed E-state index contributed by atoms with van der Waals surface area (Å²) in [6.07, 6.45) is 3.33. The average molecular weight is 537 g/mol. The summed E-state index contributed by atoms with van der Waals surface area (Å²) in [7, 11) is 1.35. The molecule has 1 aliphatic heterocycles. The summed E-state index contributed by atoms with van der Waals surface area (Å²) in [4.78, 5) is 52.5. The number of benzene rings is 2. The molecular formula is C30H40N4O5. The van der Waals surface area contributed by atoms with Crippen LogP contribution in [0.4, 0.5) is 16.2 Å². The number of nitrogens with one attached hydrogen (secondary N) is 3.